The Labute approximate surface area is 103 Å². The number of aromatic nitrogens is 1. The highest BCUT2D eigenvalue weighted by atomic mass is 16.7. The van der Waals surface area contributed by atoms with Crippen LogP contribution < -0.4 is 15.2 Å². The maximum atomic E-state index is 5.89. The van der Waals surface area contributed by atoms with Crippen LogP contribution in [0.2, 0.25) is 0 Å². The van der Waals surface area contributed by atoms with Gasteiger partial charge in [0.15, 0.2) is 11.5 Å². The van der Waals surface area contributed by atoms with Crippen molar-refractivity contribution in [3.8, 4) is 22.8 Å². The average molecular weight is 244 g/mol. The van der Waals surface area contributed by atoms with Gasteiger partial charge in [-0.3, -0.25) is 0 Å². The van der Waals surface area contributed by atoms with Crippen molar-refractivity contribution in [2.45, 2.75) is 25.0 Å². The molecule has 0 atom stereocenters. The monoisotopic (exact) mass is 244 g/mol. The van der Waals surface area contributed by atoms with Crippen LogP contribution in [0.25, 0.3) is 11.3 Å². The largest absolute Gasteiger partial charge is 0.448 e. The molecule has 2 heterocycles. The molecule has 1 aliphatic heterocycles. The summed E-state index contributed by atoms with van der Waals surface area (Å²) in [5, 5.41) is 3.89. The van der Waals surface area contributed by atoms with Gasteiger partial charge in [-0.05, 0) is 24.6 Å². The Hall–Kier alpha value is -2.17. The second kappa shape index (κ2) is 3.19. The lowest BCUT2D eigenvalue weighted by Gasteiger charge is -2.35. The summed E-state index contributed by atoms with van der Waals surface area (Å²) in [4.78, 5) is 0. The maximum absolute atomic E-state index is 5.89. The molecule has 18 heavy (non-hydrogen) atoms. The molecule has 0 saturated heterocycles. The van der Waals surface area contributed by atoms with Crippen LogP contribution in [0.15, 0.2) is 28.8 Å². The Balaban J connectivity index is 1.71. The second-order valence-corrected chi connectivity index (χ2v) is 4.74. The van der Waals surface area contributed by atoms with Crippen LogP contribution in [0.4, 0.5) is 5.88 Å². The normalized spacial score (nSPS) is 18.9. The number of ether oxygens (including phenoxy) is 2. The molecule has 5 nitrogen and oxygen atoms in total. The number of fused-ring (bicyclic) bond motifs is 1. The zero-order chi connectivity index (χ0) is 12.2. The van der Waals surface area contributed by atoms with Gasteiger partial charge in [0.2, 0.25) is 5.88 Å². The molecule has 5 heteroatoms. The van der Waals surface area contributed by atoms with Gasteiger partial charge in [-0.15, -0.1) is 0 Å². The van der Waals surface area contributed by atoms with Gasteiger partial charge in [-0.25, -0.2) is 0 Å². The van der Waals surface area contributed by atoms with E-state index in [0.29, 0.717) is 11.6 Å². The predicted octanol–water partition coefficient (Wildman–Crippen LogP) is 2.58. The molecular formula is C13H12N2O3. The highest BCUT2D eigenvalue weighted by molar-refractivity contribution is 5.65. The van der Waals surface area contributed by atoms with Crippen molar-refractivity contribution < 1.29 is 14.0 Å². The van der Waals surface area contributed by atoms with Gasteiger partial charge in [0.1, 0.15) is 5.69 Å². The van der Waals surface area contributed by atoms with Crippen molar-refractivity contribution in [1.82, 2.24) is 5.16 Å². The van der Waals surface area contributed by atoms with Crippen LogP contribution in [0, 0.1) is 0 Å². The predicted molar refractivity (Wildman–Crippen MR) is 64.2 cm³/mol. The minimum atomic E-state index is -0.399. The summed E-state index contributed by atoms with van der Waals surface area (Å²) in [6, 6.07) is 7.44. The molecule has 1 aromatic heterocycles. The molecule has 0 radical (unpaired) electrons. The number of nitrogens with two attached hydrogens (primary N) is 1. The zero-order valence-electron chi connectivity index (χ0n) is 9.68. The van der Waals surface area contributed by atoms with Crippen molar-refractivity contribution in [3.05, 3.63) is 24.3 Å². The van der Waals surface area contributed by atoms with Crippen molar-refractivity contribution in [1.29, 1.82) is 0 Å². The fourth-order valence-electron chi connectivity index (χ4n) is 2.35. The Morgan fingerprint density at radius 1 is 1.11 bits per heavy atom. The topological polar surface area (TPSA) is 70.5 Å². The van der Waals surface area contributed by atoms with E-state index in [1.54, 1.807) is 6.07 Å². The van der Waals surface area contributed by atoms with E-state index in [9.17, 15) is 0 Å². The van der Waals surface area contributed by atoms with E-state index in [2.05, 4.69) is 5.16 Å². The Morgan fingerprint density at radius 2 is 1.94 bits per heavy atom. The van der Waals surface area contributed by atoms with Crippen LogP contribution in [0.1, 0.15) is 19.3 Å². The van der Waals surface area contributed by atoms with Gasteiger partial charge < -0.3 is 19.7 Å². The molecule has 2 aromatic rings. The first kappa shape index (κ1) is 9.82. The highest BCUT2D eigenvalue weighted by Crippen LogP contribution is 2.49. The highest BCUT2D eigenvalue weighted by Gasteiger charge is 2.47. The Morgan fingerprint density at radius 3 is 2.61 bits per heavy atom. The van der Waals surface area contributed by atoms with E-state index in [4.69, 9.17) is 19.7 Å². The Kier molecular flexibility index (Phi) is 1.74. The van der Waals surface area contributed by atoms with Crippen molar-refractivity contribution in [2.24, 2.45) is 0 Å². The van der Waals surface area contributed by atoms with Gasteiger partial charge in [-0.1, -0.05) is 5.16 Å². The quantitative estimate of drug-likeness (QED) is 0.834. The molecule has 0 amide bonds. The number of anilines is 1. The van der Waals surface area contributed by atoms with Crippen LogP contribution in [-0.4, -0.2) is 10.9 Å². The molecule has 1 aliphatic carbocycles. The van der Waals surface area contributed by atoms with Gasteiger partial charge in [0, 0.05) is 24.5 Å². The van der Waals surface area contributed by atoms with Crippen LogP contribution in [-0.2, 0) is 0 Å². The standard InChI is InChI=1S/C13H12N2O3/c14-12-7-9(15-18-12)8-2-3-10-11(6-8)17-13(16-10)4-1-5-13/h2-3,6-7H,1,4-5,14H2. The van der Waals surface area contributed by atoms with Gasteiger partial charge in [0.05, 0.1) is 0 Å². The Bertz CT molecular complexity index is 616. The minimum absolute atomic E-state index is 0.304. The molecule has 1 aromatic carbocycles. The molecule has 1 spiro atoms. The van der Waals surface area contributed by atoms with E-state index >= 15 is 0 Å². The lowest BCUT2D eigenvalue weighted by Crippen LogP contribution is -2.45. The van der Waals surface area contributed by atoms with Crippen molar-refractivity contribution in [2.75, 3.05) is 5.73 Å². The summed E-state index contributed by atoms with van der Waals surface area (Å²) in [6.45, 7) is 0. The molecule has 2 N–H and O–H groups in total. The van der Waals surface area contributed by atoms with Crippen molar-refractivity contribution in [3.63, 3.8) is 0 Å². The van der Waals surface area contributed by atoms with E-state index in [-0.39, 0.29) is 0 Å². The molecular weight excluding hydrogens is 232 g/mol. The fourth-order valence-corrected chi connectivity index (χ4v) is 2.35. The summed E-state index contributed by atoms with van der Waals surface area (Å²) in [5.74, 6) is 1.48. The summed E-state index contributed by atoms with van der Waals surface area (Å²) >= 11 is 0. The lowest BCUT2D eigenvalue weighted by molar-refractivity contribution is -0.138. The maximum Gasteiger partial charge on any atom is 0.251 e. The first-order valence-corrected chi connectivity index (χ1v) is 5.99. The lowest BCUT2D eigenvalue weighted by atomic mass is 9.91. The van der Waals surface area contributed by atoms with Gasteiger partial charge in [0.25, 0.3) is 5.79 Å². The number of nitrogens with zero attached hydrogens (tertiary/aromatic N) is 1. The number of nitrogen functional groups attached to an aromatic ring is 1. The summed E-state index contributed by atoms with van der Waals surface area (Å²) in [5.41, 5.74) is 7.13. The summed E-state index contributed by atoms with van der Waals surface area (Å²) in [7, 11) is 0. The van der Waals surface area contributed by atoms with Crippen LogP contribution in [0.5, 0.6) is 11.5 Å². The van der Waals surface area contributed by atoms with E-state index in [1.165, 1.54) is 0 Å². The fraction of sp³-hybridized carbons (Fsp3) is 0.308. The number of rotatable bonds is 1. The van der Waals surface area contributed by atoms with E-state index in [1.807, 2.05) is 18.2 Å². The molecule has 1 fully saturated rings. The van der Waals surface area contributed by atoms with Crippen LogP contribution >= 0.6 is 0 Å². The molecule has 92 valence electrons. The minimum Gasteiger partial charge on any atom is -0.448 e. The summed E-state index contributed by atoms with van der Waals surface area (Å²) < 4.78 is 16.6. The van der Waals surface area contributed by atoms with E-state index in [0.717, 1.165) is 36.3 Å². The first-order valence-electron chi connectivity index (χ1n) is 5.99. The third kappa shape index (κ3) is 1.30. The molecule has 2 aliphatic rings. The number of hydrogen-bond acceptors (Lipinski definition) is 5. The first-order chi connectivity index (χ1) is 8.74. The molecule has 4 rings (SSSR count). The number of benzene rings is 1. The van der Waals surface area contributed by atoms with Gasteiger partial charge >= 0.3 is 0 Å². The SMILES string of the molecule is Nc1cc(-c2ccc3c(c2)OC2(CCC2)O3)no1. The van der Waals surface area contributed by atoms with Gasteiger partial charge in [-0.2, -0.15) is 0 Å². The molecule has 0 unspecified atom stereocenters. The molecule has 0 bridgehead atoms. The van der Waals surface area contributed by atoms with E-state index < -0.39 is 5.79 Å². The smallest absolute Gasteiger partial charge is 0.251 e. The third-order valence-electron chi connectivity index (χ3n) is 3.48. The van der Waals surface area contributed by atoms with Crippen LogP contribution in [0.3, 0.4) is 0 Å². The average Bonchev–Trinajstić information content (AvgIpc) is 2.90. The summed E-state index contributed by atoms with van der Waals surface area (Å²) in [6.07, 6.45) is 3.06. The third-order valence-corrected chi connectivity index (χ3v) is 3.48. The second-order valence-electron chi connectivity index (χ2n) is 4.74. The zero-order valence-corrected chi connectivity index (χ0v) is 9.68. The number of hydrogen-bond donors (Lipinski definition) is 1. The van der Waals surface area contributed by atoms with Crippen molar-refractivity contribution >= 4 is 5.88 Å². The molecule has 1 saturated carbocycles.